The number of nitrogens with zero attached hydrogens (tertiary/aromatic N) is 1. The molecule has 0 spiro atoms. The van der Waals surface area contributed by atoms with Gasteiger partial charge in [-0.15, -0.1) is 0 Å². The summed E-state index contributed by atoms with van der Waals surface area (Å²) >= 11 is 0. The van der Waals surface area contributed by atoms with Crippen molar-refractivity contribution < 1.29 is 23.8 Å². The summed E-state index contributed by atoms with van der Waals surface area (Å²) < 4.78 is 15.8. The minimum atomic E-state index is -0.346. The summed E-state index contributed by atoms with van der Waals surface area (Å²) in [6.45, 7) is 2.11. The molecule has 0 radical (unpaired) electrons. The molecule has 0 fully saturated rings. The van der Waals surface area contributed by atoms with Crippen LogP contribution in [0.1, 0.15) is 18.9 Å². The first-order chi connectivity index (χ1) is 11.5. The molecule has 1 aliphatic heterocycles. The second-order valence-corrected chi connectivity index (χ2v) is 5.26. The molecule has 1 aromatic rings. The quantitative estimate of drug-likeness (QED) is 0.775. The highest BCUT2D eigenvalue weighted by molar-refractivity contribution is 6.09. The highest BCUT2D eigenvalue weighted by Crippen LogP contribution is 2.38. The van der Waals surface area contributed by atoms with E-state index in [1.165, 1.54) is 32.3 Å². The van der Waals surface area contributed by atoms with Gasteiger partial charge in [-0.1, -0.05) is 6.08 Å². The Morgan fingerprint density at radius 1 is 1.12 bits per heavy atom. The van der Waals surface area contributed by atoms with Crippen LogP contribution in [-0.4, -0.2) is 44.6 Å². The molecule has 0 atom stereocenters. The van der Waals surface area contributed by atoms with Gasteiger partial charge in [0.15, 0.2) is 11.5 Å². The molecular formula is C18H21NO5. The number of amides is 2. The Hall–Kier alpha value is -2.76. The molecule has 6 heteroatoms. The Balaban J connectivity index is 2.24. The molecule has 2 rings (SSSR count). The van der Waals surface area contributed by atoms with E-state index in [0.29, 0.717) is 41.4 Å². The standard InChI is InChI=1S/C18H21NO5/c1-12-6-5-9-19(18(12)21)16(20)8-7-13-10-14(22-2)17(24-4)15(11-13)23-3/h6-8,10-11H,5,9H2,1-4H3/b8-7+. The summed E-state index contributed by atoms with van der Waals surface area (Å²) in [5.74, 6) is 0.881. The number of ether oxygens (including phenoxy) is 3. The predicted molar refractivity (Wildman–Crippen MR) is 90.2 cm³/mol. The van der Waals surface area contributed by atoms with Crippen molar-refractivity contribution in [3.8, 4) is 17.2 Å². The van der Waals surface area contributed by atoms with Gasteiger partial charge in [0, 0.05) is 18.2 Å². The fraction of sp³-hybridized carbons (Fsp3) is 0.333. The lowest BCUT2D eigenvalue weighted by atomic mass is 10.1. The van der Waals surface area contributed by atoms with Crippen molar-refractivity contribution in [3.63, 3.8) is 0 Å². The maximum Gasteiger partial charge on any atom is 0.256 e. The molecule has 0 aromatic heterocycles. The van der Waals surface area contributed by atoms with Gasteiger partial charge < -0.3 is 14.2 Å². The third kappa shape index (κ3) is 3.59. The minimum Gasteiger partial charge on any atom is -0.493 e. The Morgan fingerprint density at radius 2 is 1.75 bits per heavy atom. The number of hydrogen-bond donors (Lipinski definition) is 0. The van der Waals surface area contributed by atoms with Gasteiger partial charge in [0.2, 0.25) is 5.75 Å². The first-order valence-electron chi connectivity index (χ1n) is 7.52. The predicted octanol–water partition coefficient (Wildman–Crippen LogP) is 2.43. The molecule has 0 unspecified atom stereocenters. The molecule has 1 aliphatic rings. The van der Waals surface area contributed by atoms with Gasteiger partial charge in [0.25, 0.3) is 11.8 Å². The van der Waals surface area contributed by atoms with Gasteiger partial charge in [-0.2, -0.15) is 0 Å². The first kappa shape index (κ1) is 17.6. The Morgan fingerprint density at radius 3 is 2.29 bits per heavy atom. The average molecular weight is 331 g/mol. The van der Waals surface area contributed by atoms with Crippen molar-refractivity contribution in [2.24, 2.45) is 0 Å². The molecule has 0 N–H and O–H groups in total. The molecule has 1 heterocycles. The SMILES string of the molecule is COc1cc(/C=C/C(=O)N2CCC=C(C)C2=O)cc(OC)c1OC. The molecule has 0 saturated heterocycles. The van der Waals surface area contributed by atoms with Crippen LogP contribution < -0.4 is 14.2 Å². The summed E-state index contributed by atoms with van der Waals surface area (Å²) in [6, 6.07) is 3.46. The van der Waals surface area contributed by atoms with E-state index in [4.69, 9.17) is 14.2 Å². The van der Waals surface area contributed by atoms with Crippen LogP contribution in [0, 0.1) is 0 Å². The van der Waals surface area contributed by atoms with Crippen LogP contribution in [0.4, 0.5) is 0 Å². The van der Waals surface area contributed by atoms with E-state index in [0.717, 1.165) is 0 Å². The van der Waals surface area contributed by atoms with Gasteiger partial charge in [0.05, 0.1) is 21.3 Å². The van der Waals surface area contributed by atoms with E-state index < -0.39 is 0 Å². The summed E-state index contributed by atoms with van der Waals surface area (Å²) in [5, 5.41) is 0. The van der Waals surface area contributed by atoms with Crippen LogP contribution in [0.15, 0.2) is 29.9 Å². The second kappa shape index (κ2) is 7.68. The number of carbonyl (C=O) groups is 2. The average Bonchev–Trinajstić information content (AvgIpc) is 2.60. The Bertz CT molecular complexity index is 680. The number of rotatable bonds is 5. The summed E-state index contributed by atoms with van der Waals surface area (Å²) in [7, 11) is 4.58. The van der Waals surface area contributed by atoms with Gasteiger partial charge >= 0.3 is 0 Å². The number of carbonyl (C=O) groups excluding carboxylic acids is 2. The number of benzene rings is 1. The van der Waals surface area contributed by atoms with Crippen LogP contribution >= 0.6 is 0 Å². The minimum absolute atomic E-state index is 0.249. The molecule has 0 aliphatic carbocycles. The third-order valence-electron chi connectivity index (χ3n) is 3.76. The molecule has 1 aromatic carbocycles. The zero-order chi connectivity index (χ0) is 17.7. The van der Waals surface area contributed by atoms with Gasteiger partial charge in [-0.25, -0.2) is 0 Å². The molecule has 0 bridgehead atoms. The number of imide groups is 1. The van der Waals surface area contributed by atoms with Crippen molar-refractivity contribution in [1.82, 2.24) is 4.90 Å². The maximum atomic E-state index is 12.3. The molecular weight excluding hydrogens is 310 g/mol. The zero-order valence-electron chi connectivity index (χ0n) is 14.3. The lowest BCUT2D eigenvalue weighted by Crippen LogP contribution is -2.39. The zero-order valence-corrected chi connectivity index (χ0v) is 14.3. The Labute approximate surface area is 141 Å². The molecule has 24 heavy (non-hydrogen) atoms. The lowest BCUT2D eigenvalue weighted by molar-refractivity contribution is -0.139. The van der Waals surface area contributed by atoms with Gasteiger partial charge in [-0.3, -0.25) is 14.5 Å². The first-order valence-corrected chi connectivity index (χ1v) is 7.52. The van der Waals surface area contributed by atoms with Crippen LogP contribution in [-0.2, 0) is 9.59 Å². The van der Waals surface area contributed by atoms with E-state index >= 15 is 0 Å². The summed E-state index contributed by atoms with van der Waals surface area (Å²) in [5.41, 5.74) is 1.30. The van der Waals surface area contributed by atoms with E-state index in [-0.39, 0.29) is 11.8 Å². The molecule has 2 amide bonds. The van der Waals surface area contributed by atoms with Crippen LogP contribution in [0.3, 0.4) is 0 Å². The number of hydrogen-bond acceptors (Lipinski definition) is 5. The van der Waals surface area contributed by atoms with Crippen LogP contribution in [0.25, 0.3) is 6.08 Å². The van der Waals surface area contributed by atoms with Crippen molar-refractivity contribution in [1.29, 1.82) is 0 Å². The molecule has 128 valence electrons. The summed E-state index contributed by atoms with van der Waals surface area (Å²) in [4.78, 5) is 25.5. The third-order valence-corrected chi connectivity index (χ3v) is 3.76. The van der Waals surface area contributed by atoms with E-state index in [1.54, 1.807) is 25.1 Å². The normalized spacial score (nSPS) is 14.6. The highest BCUT2D eigenvalue weighted by atomic mass is 16.5. The molecule has 0 saturated carbocycles. The second-order valence-electron chi connectivity index (χ2n) is 5.26. The maximum absolute atomic E-state index is 12.3. The van der Waals surface area contributed by atoms with Crippen molar-refractivity contribution in [3.05, 3.63) is 35.4 Å². The Kier molecular flexibility index (Phi) is 5.63. The van der Waals surface area contributed by atoms with Gasteiger partial charge in [-0.05, 0) is 37.1 Å². The van der Waals surface area contributed by atoms with Crippen molar-refractivity contribution in [2.75, 3.05) is 27.9 Å². The topological polar surface area (TPSA) is 65.1 Å². The van der Waals surface area contributed by atoms with Crippen molar-refractivity contribution in [2.45, 2.75) is 13.3 Å². The van der Waals surface area contributed by atoms with E-state index in [2.05, 4.69) is 0 Å². The smallest absolute Gasteiger partial charge is 0.256 e. The molecule has 6 nitrogen and oxygen atoms in total. The largest absolute Gasteiger partial charge is 0.493 e. The number of methoxy groups -OCH3 is 3. The summed E-state index contributed by atoms with van der Waals surface area (Å²) in [6.07, 6.45) is 5.52. The van der Waals surface area contributed by atoms with Crippen LogP contribution in [0.5, 0.6) is 17.2 Å². The lowest BCUT2D eigenvalue weighted by Gasteiger charge is -2.22. The fourth-order valence-electron chi connectivity index (χ4n) is 2.48. The highest BCUT2D eigenvalue weighted by Gasteiger charge is 2.23. The van der Waals surface area contributed by atoms with Crippen molar-refractivity contribution >= 4 is 17.9 Å². The monoisotopic (exact) mass is 331 g/mol. The van der Waals surface area contributed by atoms with E-state index in [9.17, 15) is 9.59 Å². The van der Waals surface area contributed by atoms with Crippen LogP contribution in [0.2, 0.25) is 0 Å². The van der Waals surface area contributed by atoms with E-state index in [1.807, 2.05) is 6.08 Å². The fourth-order valence-corrected chi connectivity index (χ4v) is 2.48. The van der Waals surface area contributed by atoms with Gasteiger partial charge in [0.1, 0.15) is 0 Å².